The third-order valence-electron chi connectivity index (χ3n) is 6.62. The van der Waals surface area contributed by atoms with Crippen LogP contribution in [0.1, 0.15) is 59.3 Å². The Labute approximate surface area is 206 Å². The van der Waals surface area contributed by atoms with Crippen LogP contribution in [-0.2, 0) is 11.2 Å². The topological polar surface area (TPSA) is 97.8 Å². The maximum atomic E-state index is 13.2. The molecule has 8 nitrogen and oxygen atoms in total. The zero-order valence-corrected chi connectivity index (χ0v) is 21.0. The first-order chi connectivity index (χ1) is 16.6. The number of piperidine rings is 1. The Kier molecular flexibility index (Phi) is 6.83. The molecule has 2 fully saturated rings. The monoisotopic (exact) mass is 479 g/mol. The van der Waals surface area contributed by atoms with Crippen LogP contribution >= 0.6 is 0 Å². The van der Waals surface area contributed by atoms with Gasteiger partial charge in [-0.1, -0.05) is 12.1 Å². The van der Waals surface area contributed by atoms with Crippen molar-refractivity contribution in [3.8, 4) is 5.75 Å². The highest BCUT2D eigenvalue weighted by Gasteiger charge is 2.57. The molecule has 2 heterocycles. The molecule has 1 saturated heterocycles. The van der Waals surface area contributed by atoms with E-state index in [0.29, 0.717) is 49.0 Å². The molecule has 1 aliphatic carbocycles. The lowest BCUT2D eigenvalue weighted by Gasteiger charge is -2.25. The first-order valence-electron chi connectivity index (χ1n) is 11.9. The van der Waals surface area contributed by atoms with E-state index in [0.717, 1.165) is 11.3 Å². The number of aromatic nitrogens is 1. The van der Waals surface area contributed by atoms with Crippen LogP contribution in [0.3, 0.4) is 0 Å². The predicted molar refractivity (Wildman–Crippen MR) is 131 cm³/mol. The summed E-state index contributed by atoms with van der Waals surface area (Å²) in [5, 5.41) is 2.59. The van der Waals surface area contributed by atoms with Crippen LogP contribution in [0, 0.1) is 17.8 Å². The Balaban J connectivity index is 1.44. The second-order valence-electron chi connectivity index (χ2n) is 10.3. The second-order valence-corrected chi connectivity index (χ2v) is 10.3. The average molecular weight is 480 g/mol. The lowest BCUT2D eigenvalue weighted by atomic mass is 10.0. The Bertz CT molecular complexity index is 1130. The predicted octanol–water partition coefficient (Wildman–Crippen LogP) is 3.73. The third kappa shape index (κ3) is 5.81. The highest BCUT2D eigenvalue weighted by atomic mass is 16.6. The van der Waals surface area contributed by atoms with Crippen LogP contribution in [0.25, 0.3) is 0 Å². The summed E-state index contributed by atoms with van der Waals surface area (Å²) in [6, 6.07) is 11.0. The summed E-state index contributed by atoms with van der Waals surface area (Å²) in [6.45, 7) is 6.81. The zero-order valence-electron chi connectivity index (χ0n) is 21.0. The molecule has 0 radical (unpaired) electrons. The van der Waals surface area contributed by atoms with Crippen molar-refractivity contribution in [2.45, 2.75) is 39.2 Å². The molecule has 0 spiro atoms. The zero-order chi connectivity index (χ0) is 25.3. The maximum absolute atomic E-state index is 13.2. The minimum atomic E-state index is -0.522. The standard InChI is InChI=1S/C27H33N3O5/c1-27(2,3)35-26(33)30-14-21-20(22(21)15-30)13-24(31)17-11-18(29-23(12-17)25(32)28-4)9-16-7-6-8-19(10-16)34-5/h6-8,10-12,20-22H,9,13-15H2,1-5H3,(H,28,32)/t20?,21-,22+. The van der Waals surface area contributed by atoms with Crippen LogP contribution in [0.4, 0.5) is 4.79 Å². The number of carbonyl (C=O) groups is 3. The molecule has 1 unspecified atom stereocenters. The number of ether oxygens (including phenoxy) is 2. The SMILES string of the molecule is CNC(=O)c1cc(C(=O)CC2[C@H]3CN(C(=O)OC(C)(C)C)C[C@@H]23)cc(Cc2cccc(OC)c2)n1. The average Bonchev–Trinajstić information content (AvgIpc) is 3.24. The fraction of sp³-hybridized carbons (Fsp3) is 0.481. The number of carbonyl (C=O) groups excluding carboxylic acids is 3. The van der Waals surface area contributed by atoms with Crippen molar-refractivity contribution in [1.29, 1.82) is 0 Å². The number of ketones is 1. The number of hydrogen-bond acceptors (Lipinski definition) is 6. The number of amides is 2. The van der Waals surface area contributed by atoms with Gasteiger partial charge in [0, 0.05) is 44.2 Å². The molecule has 8 heteroatoms. The molecule has 4 rings (SSSR count). The van der Waals surface area contributed by atoms with Crippen molar-refractivity contribution in [3.63, 3.8) is 0 Å². The first-order valence-corrected chi connectivity index (χ1v) is 11.9. The molecule has 1 aliphatic heterocycles. The molecule has 2 aromatic rings. The van der Waals surface area contributed by atoms with Gasteiger partial charge in [0.25, 0.3) is 5.91 Å². The number of Topliss-reactive ketones (excluding diaryl/α,β-unsaturated/α-hetero) is 1. The van der Waals surface area contributed by atoms with Crippen LogP contribution in [0.2, 0.25) is 0 Å². The molecule has 2 amide bonds. The van der Waals surface area contributed by atoms with Crippen molar-refractivity contribution in [3.05, 3.63) is 58.9 Å². The number of hydrogen-bond donors (Lipinski definition) is 1. The molecule has 1 saturated carbocycles. The largest absolute Gasteiger partial charge is 0.497 e. The minimum Gasteiger partial charge on any atom is -0.497 e. The van der Waals surface area contributed by atoms with Gasteiger partial charge in [0.2, 0.25) is 0 Å². The van der Waals surface area contributed by atoms with E-state index in [4.69, 9.17) is 9.47 Å². The lowest BCUT2D eigenvalue weighted by Crippen LogP contribution is -2.37. The number of nitrogens with zero attached hydrogens (tertiary/aromatic N) is 2. The number of rotatable bonds is 7. The first kappa shape index (κ1) is 24.7. The summed E-state index contributed by atoms with van der Waals surface area (Å²) in [7, 11) is 3.16. The molecule has 1 aromatic carbocycles. The van der Waals surface area contributed by atoms with Crippen molar-refractivity contribution >= 4 is 17.8 Å². The molecule has 35 heavy (non-hydrogen) atoms. The van der Waals surface area contributed by atoms with Gasteiger partial charge in [-0.2, -0.15) is 0 Å². The van der Waals surface area contributed by atoms with Crippen LogP contribution in [0.15, 0.2) is 36.4 Å². The van der Waals surface area contributed by atoms with Crippen molar-refractivity contribution in [1.82, 2.24) is 15.2 Å². The van der Waals surface area contributed by atoms with E-state index in [1.54, 1.807) is 31.2 Å². The number of methoxy groups -OCH3 is 1. The van der Waals surface area contributed by atoms with E-state index < -0.39 is 5.60 Å². The Hall–Kier alpha value is -3.42. The van der Waals surface area contributed by atoms with Crippen LogP contribution in [0.5, 0.6) is 5.75 Å². The molecule has 1 N–H and O–H groups in total. The van der Waals surface area contributed by atoms with Gasteiger partial charge in [-0.15, -0.1) is 0 Å². The molecular weight excluding hydrogens is 446 g/mol. The summed E-state index contributed by atoms with van der Waals surface area (Å²) in [6.07, 6.45) is 0.580. The van der Waals surface area contributed by atoms with Gasteiger partial charge in [0.05, 0.1) is 7.11 Å². The van der Waals surface area contributed by atoms with Gasteiger partial charge in [0.15, 0.2) is 5.78 Å². The van der Waals surface area contributed by atoms with E-state index in [9.17, 15) is 14.4 Å². The Morgan fingerprint density at radius 2 is 1.83 bits per heavy atom. The number of pyridine rings is 1. The summed E-state index contributed by atoms with van der Waals surface area (Å²) in [5.74, 6) is 1.29. The van der Waals surface area contributed by atoms with E-state index in [2.05, 4.69) is 10.3 Å². The molecule has 3 atom stereocenters. The summed E-state index contributed by atoms with van der Waals surface area (Å²) in [4.78, 5) is 44.1. The van der Waals surface area contributed by atoms with Crippen molar-refractivity contribution in [2.75, 3.05) is 27.2 Å². The highest BCUT2D eigenvalue weighted by molar-refractivity contribution is 6.00. The normalized spacial score (nSPS) is 20.7. The third-order valence-corrected chi connectivity index (χ3v) is 6.62. The molecule has 2 aliphatic rings. The Morgan fingerprint density at radius 1 is 1.11 bits per heavy atom. The van der Waals surface area contributed by atoms with Gasteiger partial charge in [-0.05, 0) is 68.4 Å². The number of likely N-dealkylation sites (tertiary alicyclic amines) is 1. The van der Waals surface area contributed by atoms with Gasteiger partial charge in [-0.25, -0.2) is 9.78 Å². The lowest BCUT2D eigenvalue weighted by molar-refractivity contribution is 0.0265. The van der Waals surface area contributed by atoms with Gasteiger partial charge >= 0.3 is 6.09 Å². The fourth-order valence-electron chi connectivity index (χ4n) is 4.83. The van der Waals surface area contributed by atoms with E-state index >= 15 is 0 Å². The van der Waals surface area contributed by atoms with E-state index in [-0.39, 0.29) is 29.4 Å². The summed E-state index contributed by atoms with van der Waals surface area (Å²) in [5.41, 5.74) is 1.82. The smallest absolute Gasteiger partial charge is 0.410 e. The molecule has 186 valence electrons. The van der Waals surface area contributed by atoms with Crippen molar-refractivity contribution < 1.29 is 23.9 Å². The van der Waals surface area contributed by atoms with E-state index in [1.165, 1.54) is 0 Å². The number of nitrogens with one attached hydrogen (secondary N) is 1. The van der Waals surface area contributed by atoms with Gasteiger partial charge in [-0.3, -0.25) is 9.59 Å². The van der Waals surface area contributed by atoms with Crippen molar-refractivity contribution in [2.24, 2.45) is 17.8 Å². The molecule has 1 aromatic heterocycles. The highest BCUT2D eigenvalue weighted by Crippen LogP contribution is 2.54. The second kappa shape index (κ2) is 9.68. The summed E-state index contributed by atoms with van der Waals surface area (Å²) >= 11 is 0. The molecular formula is C27H33N3O5. The van der Waals surface area contributed by atoms with Gasteiger partial charge < -0.3 is 19.7 Å². The van der Waals surface area contributed by atoms with E-state index in [1.807, 2.05) is 45.0 Å². The maximum Gasteiger partial charge on any atom is 0.410 e. The number of benzene rings is 1. The van der Waals surface area contributed by atoms with Gasteiger partial charge in [0.1, 0.15) is 17.0 Å². The fourth-order valence-corrected chi connectivity index (χ4v) is 4.83. The minimum absolute atomic E-state index is 0.00679. The van der Waals surface area contributed by atoms with Crippen LogP contribution in [-0.4, -0.2) is 60.5 Å². The number of fused-ring (bicyclic) bond motifs is 1. The Morgan fingerprint density at radius 3 is 2.46 bits per heavy atom. The quantitative estimate of drug-likeness (QED) is 0.608. The molecule has 0 bridgehead atoms. The van der Waals surface area contributed by atoms with Crippen LogP contribution < -0.4 is 10.1 Å². The summed E-state index contributed by atoms with van der Waals surface area (Å²) < 4.78 is 10.8.